The Morgan fingerprint density at radius 1 is 1.12 bits per heavy atom. The molecule has 8 heteroatoms. The predicted octanol–water partition coefficient (Wildman–Crippen LogP) is 5.14. The van der Waals surface area contributed by atoms with Crippen molar-refractivity contribution in [2.24, 2.45) is 5.10 Å². The van der Waals surface area contributed by atoms with E-state index < -0.39 is 0 Å². The number of carbonyl (C=O) groups is 1. The number of rotatable bonds is 5. The third kappa shape index (κ3) is 3.29. The zero-order chi connectivity index (χ0) is 21.5. The first kappa shape index (κ1) is 18.9. The highest BCUT2D eigenvalue weighted by atomic mass is 32.2. The Kier molecular flexibility index (Phi) is 4.57. The molecule has 5 heterocycles. The summed E-state index contributed by atoms with van der Waals surface area (Å²) in [6, 6.07) is 19.1. The fraction of sp³-hybridized carbons (Fsp3) is 0.125. The van der Waals surface area contributed by atoms with Gasteiger partial charge in [-0.15, -0.1) is 0 Å². The molecule has 1 amide bonds. The Labute approximate surface area is 187 Å². The maximum Gasteiger partial charge on any atom is 0.253 e. The van der Waals surface area contributed by atoms with E-state index in [4.69, 9.17) is 8.83 Å². The van der Waals surface area contributed by atoms with Crippen molar-refractivity contribution >= 4 is 39.9 Å². The minimum Gasteiger partial charge on any atom is -0.467 e. The van der Waals surface area contributed by atoms with Gasteiger partial charge in [-0.1, -0.05) is 36.0 Å². The lowest BCUT2D eigenvalue weighted by Crippen LogP contribution is -2.28. The highest BCUT2D eigenvalue weighted by molar-refractivity contribution is 7.99. The van der Waals surface area contributed by atoms with Gasteiger partial charge in [-0.05, 0) is 36.4 Å². The number of nitrogens with zero attached hydrogens (tertiary/aromatic N) is 4. The van der Waals surface area contributed by atoms with Crippen molar-refractivity contribution in [3.8, 4) is 0 Å². The number of para-hydroxylation sites is 1. The average molecular weight is 443 g/mol. The van der Waals surface area contributed by atoms with E-state index in [2.05, 4.69) is 10.1 Å². The fourth-order valence-corrected chi connectivity index (χ4v) is 4.75. The second-order valence-corrected chi connectivity index (χ2v) is 8.44. The van der Waals surface area contributed by atoms with Gasteiger partial charge in [-0.3, -0.25) is 9.20 Å². The van der Waals surface area contributed by atoms with Gasteiger partial charge in [0.1, 0.15) is 23.1 Å². The van der Waals surface area contributed by atoms with Gasteiger partial charge in [-0.25, -0.2) is 9.99 Å². The lowest BCUT2D eigenvalue weighted by molar-refractivity contribution is -0.130. The zero-order valence-corrected chi connectivity index (χ0v) is 17.7. The number of amides is 1. The molecule has 4 aromatic heterocycles. The molecule has 0 saturated carbocycles. The van der Waals surface area contributed by atoms with Crippen molar-refractivity contribution in [2.45, 2.75) is 17.6 Å². The first-order chi connectivity index (χ1) is 15.8. The van der Waals surface area contributed by atoms with Gasteiger partial charge in [0, 0.05) is 18.0 Å². The van der Waals surface area contributed by atoms with Crippen molar-refractivity contribution in [1.29, 1.82) is 0 Å². The molecule has 1 aliphatic rings. The molecule has 0 saturated heterocycles. The Morgan fingerprint density at radius 2 is 2.03 bits per heavy atom. The summed E-state index contributed by atoms with van der Waals surface area (Å²) in [5.41, 5.74) is 2.51. The third-order valence-corrected chi connectivity index (χ3v) is 6.43. The zero-order valence-electron chi connectivity index (χ0n) is 16.9. The Balaban J connectivity index is 1.28. The van der Waals surface area contributed by atoms with Crippen molar-refractivity contribution in [3.05, 3.63) is 90.8 Å². The van der Waals surface area contributed by atoms with Gasteiger partial charge in [0.05, 0.1) is 23.7 Å². The monoisotopic (exact) mass is 442 g/mol. The second-order valence-electron chi connectivity index (χ2n) is 7.49. The molecule has 1 aromatic carbocycles. The molecule has 0 fully saturated rings. The standard InChI is InChI=1S/C24H18N4O3S/c29-23(15-32-24-25-14-17-7-3-4-10-27(17)24)28-19(21-9-5-11-30-21)13-18(26-28)22-12-16-6-1-2-8-20(16)31-22/h1-12,14,19H,13,15H2. The quantitative estimate of drug-likeness (QED) is 0.352. The predicted molar refractivity (Wildman–Crippen MR) is 122 cm³/mol. The van der Waals surface area contributed by atoms with E-state index in [-0.39, 0.29) is 17.7 Å². The highest BCUT2D eigenvalue weighted by Gasteiger charge is 2.36. The van der Waals surface area contributed by atoms with Crippen LogP contribution in [0.25, 0.3) is 16.5 Å². The summed E-state index contributed by atoms with van der Waals surface area (Å²) in [7, 11) is 0. The molecule has 0 spiro atoms. The first-order valence-corrected chi connectivity index (χ1v) is 11.2. The number of hydrogen-bond acceptors (Lipinski definition) is 6. The molecular formula is C24H18N4O3S. The summed E-state index contributed by atoms with van der Waals surface area (Å²) < 4.78 is 13.6. The van der Waals surface area contributed by atoms with E-state index in [0.29, 0.717) is 17.9 Å². The van der Waals surface area contributed by atoms with Crippen LogP contribution in [0.15, 0.2) is 98.4 Å². The van der Waals surface area contributed by atoms with Gasteiger partial charge in [0.15, 0.2) is 10.9 Å². The number of carbonyl (C=O) groups excluding carboxylic acids is 1. The van der Waals surface area contributed by atoms with E-state index in [1.807, 2.05) is 71.3 Å². The van der Waals surface area contributed by atoms with Crippen LogP contribution in [0.1, 0.15) is 24.0 Å². The molecule has 5 aromatic rings. The summed E-state index contributed by atoms with van der Waals surface area (Å²) in [5.74, 6) is 1.46. The summed E-state index contributed by atoms with van der Waals surface area (Å²) in [6.07, 6.45) is 5.87. The molecule has 32 heavy (non-hydrogen) atoms. The van der Waals surface area contributed by atoms with E-state index >= 15 is 0 Å². The van der Waals surface area contributed by atoms with E-state index in [1.54, 1.807) is 12.5 Å². The molecular weight excluding hydrogens is 424 g/mol. The summed E-state index contributed by atoms with van der Waals surface area (Å²) >= 11 is 1.39. The Hall–Kier alpha value is -3.78. The maximum absolute atomic E-state index is 13.2. The van der Waals surface area contributed by atoms with Crippen molar-refractivity contribution in [2.75, 3.05) is 5.75 Å². The highest BCUT2D eigenvalue weighted by Crippen LogP contribution is 2.35. The van der Waals surface area contributed by atoms with Gasteiger partial charge < -0.3 is 8.83 Å². The smallest absolute Gasteiger partial charge is 0.253 e. The van der Waals surface area contributed by atoms with Crippen molar-refractivity contribution in [1.82, 2.24) is 14.4 Å². The molecule has 1 unspecified atom stereocenters. The van der Waals surface area contributed by atoms with E-state index in [0.717, 1.165) is 27.4 Å². The number of aromatic nitrogens is 2. The second kappa shape index (κ2) is 7.72. The average Bonchev–Trinajstić information content (AvgIpc) is 3.61. The normalized spacial score (nSPS) is 16.2. The number of hydrogen-bond donors (Lipinski definition) is 0. The summed E-state index contributed by atoms with van der Waals surface area (Å²) in [5, 5.41) is 7.95. The maximum atomic E-state index is 13.2. The van der Waals surface area contributed by atoms with Crippen LogP contribution in [0.5, 0.6) is 0 Å². The molecule has 6 rings (SSSR count). The minimum absolute atomic E-state index is 0.116. The van der Waals surface area contributed by atoms with E-state index in [9.17, 15) is 4.79 Å². The van der Waals surface area contributed by atoms with Crippen LogP contribution >= 0.6 is 11.8 Å². The third-order valence-electron chi connectivity index (χ3n) is 5.48. The molecule has 0 N–H and O–H groups in total. The molecule has 1 atom stereocenters. The van der Waals surface area contributed by atoms with Crippen LogP contribution < -0.4 is 0 Å². The Morgan fingerprint density at radius 3 is 2.91 bits per heavy atom. The van der Waals surface area contributed by atoms with Crippen LogP contribution in [-0.2, 0) is 4.79 Å². The lowest BCUT2D eigenvalue weighted by Gasteiger charge is -2.19. The topological polar surface area (TPSA) is 76.2 Å². The number of hydrazone groups is 1. The summed E-state index contributed by atoms with van der Waals surface area (Å²) in [4.78, 5) is 17.7. The van der Waals surface area contributed by atoms with E-state index in [1.165, 1.54) is 16.8 Å². The van der Waals surface area contributed by atoms with Crippen LogP contribution in [0.2, 0.25) is 0 Å². The number of fused-ring (bicyclic) bond motifs is 2. The number of furan rings is 2. The summed E-state index contributed by atoms with van der Waals surface area (Å²) in [6.45, 7) is 0. The molecule has 0 aliphatic carbocycles. The molecule has 0 bridgehead atoms. The molecule has 1 aliphatic heterocycles. The van der Waals surface area contributed by atoms with Crippen molar-refractivity contribution < 1.29 is 13.6 Å². The number of thioether (sulfide) groups is 1. The van der Waals surface area contributed by atoms with Crippen LogP contribution in [0, 0.1) is 0 Å². The SMILES string of the molecule is O=C(CSc1ncc2ccccn12)N1N=C(c2cc3ccccc3o2)CC1c1ccco1. The van der Waals surface area contributed by atoms with Gasteiger partial charge >= 0.3 is 0 Å². The molecule has 158 valence electrons. The lowest BCUT2D eigenvalue weighted by atomic mass is 10.1. The fourth-order valence-electron chi connectivity index (χ4n) is 3.93. The van der Waals surface area contributed by atoms with Gasteiger partial charge in [0.25, 0.3) is 5.91 Å². The minimum atomic E-state index is -0.307. The van der Waals surface area contributed by atoms with Gasteiger partial charge in [0.2, 0.25) is 0 Å². The van der Waals surface area contributed by atoms with Crippen LogP contribution in [-0.4, -0.2) is 31.8 Å². The van der Waals surface area contributed by atoms with Crippen molar-refractivity contribution in [3.63, 3.8) is 0 Å². The van der Waals surface area contributed by atoms with Crippen LogP contribution in [0.3, 0.4) is 0 Å². The van der Waals surface area contributed by atoms with Crippen LogP contribution in [0.4, 0.5) is 0 Å². The largest absolute Gasteiger partial charge is 0.467 e. The number of imidazole rings is 1. The first-order valence-electron chi connectivity index (χ1n) is 10.2. The molecule has 7 nitrogen and oxygen atoms in total. The molecule has 0 radical (unpaired) electrons. The number of benzene rings is 1. The number of pyridine rings is 1. The Bertz CT molecular complexity index is 1420. The van der Waals surface area contributed by atoms with Gasteiger partial charge in [-0.2, -0.15) is 5.10 Å².